The summed E-state index contributed by atoms with van der Waals surface area (Å²) in [5.41, 5.74) is 0.971. The van der Waals surface area contributed by atoms with Crippen molar-refractivity contribution in [3.63, 3.8) is 0 Å². The Kier molecular flexibility index (Phi) is 5.55. The first-order valence-electron chi connectivity index (χ1n) is 6.94. The van der Waals surface area contributed by atoms with Crippen LogP contribution in [0.1, 0.15) is 34.1 Å². The van der Waals surface area contributed by atoms with Crippen LogP contribution >= 0.6 is 11.3 Å². The fourth-order valence-corrected chi connectivity index (χ4v) is 3.05. The molecule has 1 aromatic heterocycles. The van der Waals surface area contributed by atoms with Crippen molar-refractivity contribution in [2.75, 3.05) is 5.32 Å². The number of ether oxygens (including phenoxy) is 1. The molecule has 0 aliphatic rings. The number of hydrogen-bond acceptors (Lipinski definition) is 4. The first kappa shape index (κ1) is 16.0. The van der Waals surface area contributed by atoms with E-state index < -0.39 is 12.1 Å². The van der Waals surface area contributed by atoms with Crippen LogP contribution in [0.2, 0.25) is 0 Å². The van der Waals surface area contributed by atoms with Gasteiger partial charge in [-0.15, -0.1) is 11.3 Å². The van der Waals surface area contributed by atoms with E-state index in [0.29, 0.717) is 5.00 Å². The fourth-order valence-electron chi connectivity index (χ4n) is 1.92. The Balaban J connectivity index is 2.00. The van der Waals surface area contributed by atoms with Gasteiger partial charge in [0.25, 0.3) is 0 Å². The van der Waals surface area contributed by atoms with Gasteiger partial charge in [0.15, 0.2) is 0 Å². The number of carbonyl (C=O) groups excluding carboxylic acids is 1. The molecule has 0 aliphatic carbocycles. The number of carbonyl (C=O) groups is 2. The van der Waals surface area contributed by atoms with Crippen LogP contribution in [0, 0.1) is 0 Å². The number of carboxylic acid groups (broad SMARTS) is 1. The topological polar surface area (TPSA) is 75.6 Å². The predicted octanol–water partition coefficient (Wildman–Crippen LogP) is 4.15. The van der Waals surface area contributed by atoms with Gasteiger partial charge >= 0.3 is 12.1 Å². The fraction of sp³-hybridized carbons (Fsp3) is 0.250. The molecule has 2 rings (SSSR count). The van der Waals surface area contributed by atoms with Crippen molar-refractivity contribution in [3.8, 4) is 0 Å². The summed E-state index contributed by atoms with van der Waals surface area (Å²) in [5.74, 6) is -1.06. The third-order valence-corrected chi connectivity index (χ3v) is 4.05. The number of rotatable bonds is 6. The van der Waals surface area contributed by atoms with E-state index in [1.54, 1.807) is 6.07 Å². The van der Waals surface area contributed by atoms with Crippen molar-refractivity contribution in [2.24, 2.45) is 0 Å². The molecule has 2 N–H and O–H groups in total. The highest BCUT2D eigenvalue weighted by Crippen LogP contribution is 2.29. The molecule has 0 saturated heterocycles. The van der Waals surface area contributed by atoms with E-state index in [9.17, 15) is 14.7 Å². The molecule has 1 heterocycles. The lowest BCUT2D eigenvalue weighted by Crippen LogP contribution is -2.14. The maximum absolute atomic E-state index is 11.8. The SMILES string of the molecule is CCCc1cc(C(=O)O)c(NC(=O)OCc2ccccc2)s1. The Morgan fingerprint density at radius 2 is 2.00 bits per heavy atom. The minimum atomic E-state index is -1.06. The second-order valence-electron chi connectivity index (χ2n) is 4.70. The molecule has 0 fully saturated rings. The van der Waals surface area contributed by atoms with Crippen molar-refractivity contribution in [1.29, 1.82) is 0 Å². The zero-order chi connectivity index (χ0) is 15.9. The normalized spacial score (nSPS) is 10.2. The average Bonchev–Trinajstić information content (AvgIpc) is 2.89. The van der Waals surface area contributed by atoms with Gasteiger partial charge in [0.05, 0.1) is 5.56 Å². The summed E-state index contributed by atoms with van der Waals surface area (Å²) in [6.07, 6.45) is 1.04. The van der Waals surface area contributed by atoms with Crippen molar-refractivity contribution in [3.05, 3.63) is 52.4 Å². The summed E-state index contributed by atoms with van der Waals surface area (Å²) < 4.78 is 5.10. The molecule has 116 valence electrons. The molecule has 0 spiro atoms. The number of thiophene rings is 1. The number of aromatic carboxylic acids is 1. The van der Waals surface area contributed by atoms with Crippen LogP contribution in [-0.4, -0.2) is 17.2 Å². The lowest BCUT2D eigenvalue weighted by atomic mass is 10.2. The van der Waals surface area contributed by atoms with Crippen LogP contribution in [0.5, 0.6) is 0 Å². The number of carboxylic acids is 1. The molecule has 0 saturated carbocycles. The van der Waals surface area contributed by atoms with Gasteiger partial charge in [0.1, 0.15) is 11.6 Å². The highest BCUT2D eigenvalue weighted by Gasteiger charge is 2.17. The molecule has 1 aromatic carbocycles. The van der Waals surface area contributed by atoms with Gasteiger partial charge < -0.3 is 9.84 Å². The van der Waals surface area contributed by atoms with Crippen molar-refractivity contribution < 1.29 is 19.4 Å². The second-order valence-corrected chi connectivity index (χ2v) is 5.83. The molecular weight excluding hydrogens is 302 g/mol. The predicted molar refractivity (Wildman–Crippen MR) is 85.5 cm³/mol. The zero-order valence-electron chi connectivity index (χ0n) is 12.2. The number of nitrogens with one attached hydrogen (secondary N) is 1. The number of anilines is 1. The maximum atomic E-state index is 11.8. The van der Waals surface area contributed by atoms with Gasteiger partial charge in [-0.25, -0.2) is 9.59 Å². The summed E-state index contributed by atoms with van der Waals surface area (Å²) in [6, 6.07) is 10.9. The smallest absolute Gasteiger partial charge is 0.412 e. The molecule has 0 radical (unpaired) electrons. The van der Waals surface area contributed by atoms with E-state index in [1.165, 1.54) is 11.3 Å². The quantitative estimate of drug-likeness (QED) is 0.838. The largest absolute Gasteiger partial charge is 0.478 e. The minimum absolute atomic E-state index is 0.102. The first-order valence-corrected chi connectivity index (χ1v) is 7.75. The van der Waals surface area contributed by atoms with E-state index >= 15 is 0 Å². The van der Waals surface area contributed by atoms with Crippen LogP contribution in [0.25, 0.3) is 0 Å². The second kappa shape index (κ2) is 7.61. The van der Waals surface area contributed by atoms with Gasteiger partial charge in [-0.3, -0.25) is 5.32 Å². The molecule has 6 heteroatoms. The number of hydrogen-bond donors (Lipinski definition) is 2. The Morgan fingerprint density at radius 3 is 2.64 bits per heavy atom. The number of benzene rings is 1. The third-order valence-electron chi connectivity index (χ3n) is 2.94. The van der Waals surface area contributed by atoms with Crippen LogP contribution in [0.15, 0.2) is 36.4 Å². The molecule has 0 aliphatic heterocycles. The van der Waals surface area contributed by atoms with E-state index in [-0.39, 0.29) is 12.2 Å². The summed E-state index contributed by atoms with van der Waals surface area (Å²) in [4.78, 5) is 24.0. The molecule has 0 bridgehead atoms. The standard InChI is InChI=1S/C16H17NO4S/c1-2-6-12-9-13(15(18)19)14(22-12)17-16(20)21-10-11-7-4-3-5-8-11/h3-5,7-9H,2,6,10H2,1H3,(H,17,20)(H,18,19). The summed E-state index contributed by atoms with van der Waals surface area (Å²) in [7, 11) is 0. The molecule has 22 heavy (non-hydrogen) atoms. The Morgan fingerprint density at radius 1 is 1.27 bits per heavy atom. The van der Waals surface area contributed by atoms with E-state index in [1.807, 2.05) is 37.3 Å². The lowest BCUT2D eigenvalue weighted by molar-refractivity contribution is 0.0698. The maximum Gasteiger partial charge on any atom is 0.412 e. The summed E-state index contributed by atoms with van der Waals surface area (Å²) in [5, 5.41) is 12.0. The van der Waals surface area contributed by atoms with Gasteiger partial charge in [0.2, 0.25) is 0 Å². The number of aryl methyl sites for hydroxylation is 1. The third kappa shape index (κ3) is 4.33. The molecule has 2 aromatic rings. The van der Waals surface area contributed by atoms with Gasteiger partial charge in [0, 0.05) is 4.88 Å². The van der Waals surface area contributed by atoms with E-state index in [2.05, 4.69) is 5.32 Å². The lowest BCUT2D eigenvalue weighted by Gasteiger charge is -2.06. The van der Waals surface area contributed by atoms with Crippen molar-refractivity contribution in [2.45, 2.75) is 26.4 Å². The van der Waals surface area contributed by atoms with Crippen LogP contribution in [0.3, 0.4) is 0 Å². The van der Waals surface area contributed by atoms with Gasteiger partial charge in [-0.1, -0.05) is 43.7 Å². The first-order chi connectivity index (χ1) is 10.6. The highest BCUT2D eigenvalue weighted by atomic mass is 32.1. The monoisotopic (exact) mass is 319 g/mol. The average molecular weight is 319 g/mol. The molecule has 0 unspecified atom stereocenters. The Labute approximate surface area is 132 Å². The zero-order valence-corrected chi connectivity index (χ0v) is 13.0. The van der Waals surface area contributed by atoms with Crippen LogP contribution in [-0.2, 0) is 17.8 Å². The molecule has 1 amide bonds. The van der Waals surface area contributed by atoms with Crippen LogP contribution in [0.4, 0.5) is 9.80 Å². The summed E-state index contributed by atoms with van der Waals surface area (Å²) >= 11 is 1.27. The van der Waals surface area contributed by atoms with Crippen molar-refractivity contribution >= 4 is 28.4 Å². The van der Waals surface area contributed by atoms with E-state index in [4.69, 9.17) is 4.74 Å². The molecule has 5 nitrogen and oxygen atoms in total. The van der Waals surface area contributed by atoms with Gasteiger partial charge in [-0.2, -0.15) is 0 Å². The number of amides is 1. The molecule has 0 atom stereocenters. The highest BCUT2D eigenvalue weighted by molar-refractivity contribution is 7.16. The Bertz CT molecular complexity index is 651. The summed E-state index contributed by atoms with van der Waals surface area (Å²) in [6.45, 7) is 2.16. The minimum Gasteiger partial charge on any atom is -0.478 e. The Hall–Kier alpha value is -2.34. The van der Waals surface area contributed by atoms with Crippen LogP contribution < -0.4 is 5.32 Å². The van der Waals surface area contributed by atoms with Gasteiger partial charge in [-0.05, 0) is 18.1 Å². The van der Waals surface area contributed by atoms with E-state index in [0.717, 1.165) is 23.3 Å². The molecular formula is C16H17NO4S. The van der Waals surface area contributed by atoms with Crippen molar-refractivity contribution in [1.82, 2.24) is 0 Å².